The maximum absolute atomic E-state index is 5.33. The SMILES string of the molecule is c1ccc(-c2cccc(-c3nc(-c4ccccc4)nc(-n4c5ccccc5c5cc6c7ccccc7n(-c7ccc8c9ccccc9c9ccccc9c8c7)c6cc54)n3)c2)cc1. The third kappa shape index (κ3) is 5.25. The second kappa shape index (κ2) is 13.6. The Balaban J connectivity index is 1.09. The smallest absolute Gasteiger partial charge is 0.238 e. The van der Waals surface area contributed by atoms with Gasteiger partial charge in [0.15, 0.2) is 11.6 Å². The van der Waals surface area contributed by atoms with Crippen LogP contribution in [0.1, 0.15) is 0 Å². The molecule has 62 heavy (non-hydrogen) atoms. The highest BCUT2D eigenvalue weighted by molar-refractivity contribution is 6.26. The van der Waals surface area contributed by atoms with Crippen molar-refractivity contribution in [2.45, 2.75) is 0 Å². The summed E-state index contributed by atoms with van der Waals surface area (Å²) in [5, 5.41) is 12.2. The Morgan fingerprint density at radius 1 is 0.242 bits per heavy atom. The van der Waals surface area contributed by atoms with Crippen LogP contribution in [0.15, 0.2) is 212 Å². The minimum Gasteiger partial charge on any atom is -0.309 e. The molecule has 0 saturated carbocycles. The maximum atomic E-state index is 5.33. The fourth-order valence-corrected chi connectivity index (χ4v) is 9.74. The van der Waals surface area contributed by atoms with Crippen LogP contribution < -0.4 is 0 Å². The number of aromatic nitrogens is 5. The molecule has 0 amide bonds. The molecule has 10 aromatic carbocycles. The molecule has 0 N–H and O–H groups in total. The van der Waals surface area contributed by atoms with Crippen molar-refractivity contribution in [2.24, 2.45) is 0 Å². The lowest BCUT2D eigenvalue weighted by atomic mass is 9.94. The third-order valence-corrected chi connectivity index (χ3v) is 12.5. The van der Waals surface area contributed by atoms with Gasteiger partial charge in [-0.3, -0.25) is 4.57 Å². The Labute approximate surface area is 356 Å². The number of hydrogen-bond acceptors (Lipinski definition) is 3. The van der Waals surface area contributed by atoms with Crippen LogP contribution in [0.5, 0.6) is 0 Å². The predicted molar refractivity (Wildman–Crippen MR) is 257 cm³/mol. The zero-order valence-corrected chi connectivity index (χ0v) is 33.4. The third-order valence-electron chi connectivity index (χ3n) is 12.5. The first kappa shape index (κ1) is 34.5. The molecule has 0 aliphatic rings. The van der Waals surface area contributed by atoms with Crippen LogP contribution in [0.2, 0.25) is 0 Å². The van der Waals surface area contributed by atoms with Gasteiger partial charge < -0.3 is 4.57 Å². The van der Waals surface area contributed by atoms with Gasteiger partial charge in [0.25, 0.3) is 0 Å². The van der Waals surface area contributed by atoms with Crippen LogP contribution >= 0.6 is 0 Å². The summed E-state index contributed by atoms with van der Waals surface area (Å²) >= 11 is 0. The van der Waals surface area contributed by atoms with Crippen molar-refractivity contribution in [1.82, 2.24) is 24.1 Å². The molecule has 0 saturated heterocycles. The highest BCUT2D eigenvalue weighted by Gasteiger charge is 2.22. The lowest BCUT2D eigenvalue weighted by Gasteiger charge is -2.14. The number of benzene rings is 10. The van der Waals surface area contributed by atoms with Crippen molar-refractivity contribution in [3.05, 3.63) is 212 Å². The highest BCUT2D eigenvalue weighted by atomic mass is 15.2. The number of fused-ring (bicyclic) bond motifs is 12. The first-order valence-corrected chi connectivity index (χ1v) is 21.0. The molecule has 5 nitrogen and oxygen atoms in total. The molecule has 288 valence electrons. The molecule has 0 aliphatic heterocycles. The summed E-state index contributed by atoms with van der Waals surface area (Å²) in [4.78, 5) is 15.7. The topological polar surface area (TPSA) is 48.5 Å². The molecule has 0 radical (unpaired) electrons. The van der Waals surface area contributed by atoms with E-state index in [1.165, 1.54) is 43.1 Å². The fraction of sp³-hybridized carbons (Fsp3) is 0. The quantitative estimate of drug-likeness (QED) is 0.163. The maximum Gasteiger partial charge on any atom is 0.238 e. The molecule has 0 spiro atoms. The molecule has 0 aliphatic carbocycles. The van der Waals surface area contributed by atoms with E-state index in [4.69, 9.17) is 15.0 Å². The average Bonchev–Trinajstić information content (AvgIpc) is 3.85. The van der Waals surface area contributed by atoms with Crippen molar-refractivity contribution in [1.29, 1.82) is 0 Å². The molecule has 3 aromatic heterocycles. The zero-order valence-electron chi connectivity index (χ0n) is 33.4. The number of hydrogen-bond donors (Lipinski definition) is 0. The van der Waals surface area contributed by atoms with E-state index in [-0.39, 0.29) is 0 Å². The summed E-state index contributed by atoms with van der Waals surface area (Å²) in [7, 11) is 0. The Morgan fingerprint density at radius 2 is 0.710 bits per heavy atom. The van der Waals surface area contributed by atoms with E-state index in [9.17, 15) is 0 Å². The van der Waals surface area contributed by atoms with Gasteiger partial charge in [-0.2, -0.15) is 9.97 Å². The monoisotopic (exact) mass is 789 g/mol. The molecular formula is C57H35N5. The summed E-state index contributed by atoms with van der Waals surface area (Å²) in [6.07, 6.45) is 0. The van der Waals surface area contributed by atoms with Crippen molar-refractivity contribution in [3.8, 4) is 45.5 Å². The van der Waals surface area contributed by atoms with Crippen molar-refractivity contribution < 1.29 is 0 Å². The number of para-hydroxylation sites is 2. The predicted octanol–water partition coefficient (Wildman–Crippen LogP) is 14.5. The average molecular weight is 790 g/mol. The summed E-state index contributed by atoms with van der Waals surface area (Å²) < 4.78 is 4.66. The van der Waals surface area contributed by atoms with E-state index < -0.39 is 0 Å². The highest BCUT2D eigenvalue weighted by Crippen LogP contribution is 2.42. The molecule has 13 rings (SSSR count). The summed E-state index contributed by atoms with van der Waals surface area (Å²) in [6.45, 7) is 0. The number of rotatable bonds is 5. The van der Waals surface area contributed by atoms with Crippen LogP contribution in [-0.4, -0.2) is 24.1 Å². The van der Waals surface area contributed by atoms with Gasteiger partial charge in [-0.15, -0.1) is 0 Å². The van der Waals surface area contributed by atoms with E-state index in [1.54, 1.807) is 0 Å². The molecular weight excluding hydrogens is 755 g/mol. The van der Waals surface area contributed by atoms with E-state index >= 15 is 0 Å². The van der Waals surface area contributed by atoms with Gasteiger partial charge in [-0.05, 0) is 85.9 Å². The van der Waals surface area contributed by atoms with Crippen molar-refractivity contribution >= 4 is 75.9 Å². The van der Waals surface area contributed by atoms with E-state index in [1.807, 2.05) is 24.3 Å². The summed E-state index contributed by atoms with van der Waals surface area (Å²) in [5.41, 5.74) is 9.53. The lowest BCUT2D eigenvalue weighted by Crippen LogP contribution is -2.06. The second-order valence-electron chi connectivity index (χ2n) is 16.0. The second-order valence-corrected chi connectivity index (χ2v) is 16.0. The van der Waals surface area contributed by atoms with Gasteiger partial charge in [0, 0.05) is 38.4 Å². The molecule has 0 unspecified atom stereocenters. The molecule has 13 aromatic rings. The minimum atomic E-state index is 0.566. The van der Waals surface area contributed by atoms with Gasteiger partial charge in [0.1, 0.15) is 0 Å². The zero-order chi connectivity index (χ0) is 40.7. The number of nitrogens with zero attached hydrogens (tertiary/aromatic N) is 5. The van der Waals surface area contributed by atoms with Crippen LogP contribution in [0.25, 0.3) is 121 Å². The van der Waals surface area contributed by atoms with Crippen LogP contribution in [-0.2, 0) is 0 Å². The standard InChI is InChI=1S/C57H35N5/c1-3-16-36(17-4-1)38-20-15-21-39(32-38)56-58-55(37-18-5-2-6-19-37)59-57(60-56)62-52-29-14-12-27-47(52)50-34-49-46-26-11-13-28-51(46)61(53(49)35-54(50)62)40-30-31-45-43-24-8-7-22-41(43)42-23-9-10-25-44(42)48(45)33-40/h1-35H. The lowest BCUT2D eigenvalue weighted by molar-refractivity contribution is 0.953. The Morgan fingerprint density at radius 3 is 1.35 bits per heavy atom. The van der Waals surface area contributed by atoms with Crippen LogP contribution in [0, 0.1) is 0 Å². The molecule has 0 fully saturated rings. The first-order chi connectivity index (χ1) is 30.7. The van der Waals surface area contributed by atoms with Gasteiger partial charge in [-0.1, -0.05) is 170 Å². The van der Waals surface area contributed by atoms with Crippen LogP contribution in [0.4, 0.5) is 0 Å². The van der Waals surface area contributed by atoms with Gasteiger partial charge in [0.2, 0.25) is 5.95 Å². The summed E-state index contributed by atoms with van der Waals surface area (Å²) in [6, 6.07) is 75.7. The Hall–Kier alpha value is -8.41. The molecule has 3 heterocycles. The summed E-state index contributed by atoms with van der Waals surface area (Å²) in [5.74, 6) is 1.80. The van der Waals surface area contributed by atoms with Crippen molar-refractivity contribution in [2.75, 3.05) is 0 Å². The Bertz CT molecular complexity index is 3880. The van der Waals surface area contributed by atoms with Crippen LogP contribution in [0.3, 0.4) is 0 Å². The van der Waals surface area contributed by atoms with Gasteiger partial charge >= 0.3 is 0 Å². The molecule has 0 bridgehead atoms. The van der Waals surface area contributed by atoms with E-state index in [0.29, 0.717) is 17.6 Å². The van der Waals surface area contributed by atoms with E-state index in [0.717, 1.165) is 60.8 Å². The largest absolute Gasteiger partial charge is 0.309 e. The normalized spacial score (nSPS) is 11.9. The molecule has 0 atom stereocenters. The van der Waals surface area contributed by atoms with Gasteiger partial charge in [0.05, 0.1) is 22.1 Å². The van der Waals surface area contributed by atoms with Crippen molar-refractivity contribution in [3.63, 3.8) is 0 Å². The Kier molecular flexibility index (Phi) is 7.54. The van der Waals surface area contributed by atoms with E-state index in [2.05, 4.69) is 197 Å². The van der Waals surface area contributed by atoms with Gasteiger partial charge in [-0.25, -0.2) is 4.98 Å². The fourth-order valence-electron chi connectivity index (χ4n) is 9.74. The minimum absolute atomic E-state index is 0.566. The molecule has 5 heteroatoms. The first-order valence-electron chi connectivity index (χ1n) is 21.0.